The number of aromatic nitrogens is 2. The van der Waals surface area contributed by atoms with Gasteiger partial charge in [-0.3, -0.25) is 4.79 Å². The zero-order chi connectivity index (χ0) is 17.2. The molecule has 1 aliphatic heterocycles. The van der Waals surface area contributed by atoms with E-state index < -0.39 is 21.2 Å². The van der Waals surface area contributed by atoms with Gasteiger partial charge in [0, 0.05) is 16.9 Å². The number of imidazole rings is 1. The minimum Gasteiger partial charge on any atom is -0.317 e. The van der Waals surface area contributed by atoms with Gasteiger partial charge < -0.3 is 9.88 Å². The summed E-state index contributed by atoms with van der Waals surface area (Å²) in [5.41, 5.74) is 0.766. The van der Waals surface area contributed by atoms with Crippen LogP contribution in [0.1, 0.15) is 23.3 Å². The molecule has 9 heteroatoms. The van der Waals surface area contributed by atoms with E-state index in [0.717, 1.165) is 5.69 Å². The molecule has 1 aromatic carbocycles. The Morgan fingerprint density at radius 2 is 2.08 bits per heavy atom. The van der Waals surface area contributed by atoms with Crippen LogP contribution in [0.15, 0.2) is 36.8 Å². The average Bonchev–Trinajstić information content (AvgIpc) is 3.05. The van der Waals surface area contributed by atoms with Gasteiger partial charge in [-0.05, 0) is 44.1 Å². The summed E-state index contributed by atoms with van der Waals surface area (Å²) in [4.78, 5) is 16.2. The van der Waals surface area contributed by atoms with Crippen molar-refractivity contribution < 1.29 is 13.2 Å². The second-order valence-corrected chi connectivity index (χ2v) is 7.97. The molecule has 1 amide bonds. The molecule has 2 aromatic rings. The van der Waals surface area contributed by atoms with Crippen molar-refractivity contribution in [1.82, 2.24) is 19.6 Å². The van der Waals surface area contributed by atoms with Crippen molar-refractivity contribution in [3.8, 4) is 5.69 Å². The Labute approximate surface area is 145 Å². The summed E-state index contributed by atoms with van der Waals surface area (Å²) in [6.45, 7) is 1.26. The number of nitrogens with zero attached hydrogens (tertiary/aromatic N) is 2. The summed E-state index contributed by atoms with van der Waals surface area (Å²) >= 11 is 5.94. The molecule has 24 heavy (non-hydrogen) atoms. The van der Waals surface area contributed by atoms with Crippen LogP contribution in [-0.2, 0) is 10.0 Å². The van der Waals surface area contributed by atoms with E-state index in [4.69, 9.17) is 11.6 Å². The lowest BCUT2D eigenvalue weighted by Crippen LogP contribution is -2.43. The van der Waals surface area contributed by atoms with Gasteiger partial charge in [-0.1, -0.05) is 17.7 Å². The lowest BCUT2D eigenvalue weighted by Gasteiger charge is -2.22. The number of piperidine rings is 1. The number of hydrogen-bond donors (Lipinski definition) is 2. The zero-order valence-electron chi connectivity index (χ0n) is 12.8. The van der Waals surface area contributed by atoms with Gasteiger partial charge in [0.15, 0.2) is 0 Å². The largest absolute Gasteiger partial charge is 0.317 e. The predicted octanol–water partition coefficient (Wildman–Crippen LogP) is 1.34. The third kappa shape index (κ3) is 3.77. The van der Waals surface area contributed by atoms with Crippen LogP contribution in [0.5, 0.6) is 0 Å². The Morgan fingerprint density at radius 3 is 2.79 bits per heavy atom. The van der Waals surface area contributed by atoms with Gasteiger partial charge in [0.1, 0.15) is 12.0 Å². The highest BCUT2D eigenvalue weighted by Crippen LogP contribution is 2.16. The SMILES string of the molecule is O=C(NS(=O)(=O)C1CCNCC1)c1cn(-c2cccc(Cl)c2)cn1. The van der Waals surface area contributed by atoms with Crippen molar-refractivity contribution in [2.75, 3.05) is 13.1 Å². The Morgan fingerprint density at radius 1 is 1.33 bits per heavy atom. The fourth-order valence-corrected chi connectivity index (χ4v) is 4.16. The summed E-state index contributed by atoms with van der Waals surface area (Å²) in [5.74, 6) is -0.727. The van der Waals surface area contributed by atoms with Crippen LogP contribution < -0.4 is 10.0 Å². The Balaban J connectivity index is 1.74. The highest BCUT2D eigenvalue weighted by atomic mass is 35.5. The number of nitrogens with one attached hydrogen (secondary N) is 2. The molecule has 128 valence electrons. The molecular weight excluding hydrogens is 352 g/mol. The first kappa shape index (κ1) is 16.9. The monoisotopic (exact) mass is 368 g/mol. The van der Waals surface area contributed by atoms with E-state index in [1.54, 1.807) is 28.8 Å². The molecule has 0 spiro atoms. The number of carbonyl (C=O) groups excluding carboxylic acids is 1. The smallest absolute Gasteiger partial charge is 0.284 e. The summed E-state index contributed by atoms with van der Waals surface area (Å²) in [7, 11) is -3.70. The van der Waals surface area contributed by atoms with Crippen LogP contribution in [0.4, 0.5) is 0 Å². The number of amides is 1. The van der Waals surface area contributed by atoms with Gasteiger partial charge in [0.05, 0.1) is 5.25 Å². The van der Waals surface area contributed by atoms with Gasteiger partial charge >= 0.3 is 0 Å². The average molecular weight is 369 g/mol. The minimum atomic E-state index is -3.70. The maximum absolute atomic E-state index is 12.3. The van der Waals surface area contributed by atoms with Crippen molar-refractivity contribution in [3.05, 3.63) is 47.5 Å². The van der Waals surface area contributed by atoms with E-state index in [-0.39, 0.29) is 5.69 Å². The van der Waals surface area contributed by atoms with Crippen LogP contribution >= 0.6 is 11.6 Å². The molecule has 7 nitrogen and oxygen atoms in total. The summed E-state index contributed by atoms with van der Waals surface area (Å²) in [6, 6.07) is 7.04. The first-order valence-electron chi connectivity index (χ1n) is 7.52. The van der Waals surface area contributed by atoms with E-state index in [2.05, 4.69) is 15.0 Å². The topological polar surface area (TPSA) is 93.1 Å². The molecule has 0 atom stereocenters. The quantitative estimate of drug-likeness (QED) is 0.849. The number of halogens is 1. The Bertz CT molecular complexity index is 844. The lowest BCUT2D eigenvalue weighted by molar-refractivity contribution is 0.0976. The van der Waals surface area contributed by atoms with Crippen LogP contribution in [0.3, 0.4) is 0 Å². The van der Waals surface area contributed by atoms with E-state index in [0.29, 0.717) is 31.0 Å². The fourth-order valence-electron chi connectivity index (χ4n) is 2.59. The van der Waals surface area contributed by atoms with Crippen molar-refractivity contribution in [2.45, 2.75) is 18.1 Å². The highest BCUT2D eigenvalue weighted by molar-refractivity contribution is 7.90. The normalized spacial score (nSPS) is 16.0. The summed E-state index contributed by atoms with van der Waals surface area (Å²) in [6.07, 6.45) is 3.88. The number of benzene rings is 1. The summed E-state index contributed by atoms with van der Waals surface area (Å²) in [5, 5.41) is 3.09. The number of rotatable bonds is 4. The molecule has 0 unspecified atom stereocenters. The van der Waals surface area contributed by atoms with Gasteiger partial charge in [-0.15, -0.1) is 0 Å². The van der Waals surface area contributed by atoms with Gasteiger partial charge in [0.2, 0.25) is 10.0 Å². The molecule has 0 bridgehead atoms. The molecule has 3 rings (SSSR count). The highest BCUT2D eigenvalue weighted by Gasteiger charge is 2.29. The number of hydrogen-bond acceptors (Lipinski definition) is 5. The minimum absolute atomic E-state index is 0.0347. The summed E-state index contributed by atoms with van der Waals surface area (Å²) < 4.78 is 28.3. The molecule has 1 fully saturated rings. The molecule has 0 radical (unpaired) electrons. The van der Waals surface area contributed by atoms with Crippen LogP contribution in [0.2, 0.25) is 5.02 Å². The van der Waals surface area contributed by atoms with E-state index in [1.807, 2.05) is 0 Å². The van der Waals surface area contributed by atoms with Crippen molar-refractivity contribution in [3.63, 3.8) is 0 Å². The number of sulfonamides is 1. The first-order valence-corrected chi connectivity index (χ1v) is 9.45. The number of carbonyl (C=O) groups is 1. The second-order valence-electron chi connectivity index (χ2n) is 5.57. The molecule has 2 N–H and O–H groups in total. The molecule has 2 heterocycles. The Kier molecular flexibility index (Phi) is 4.88. The molecule has 1 aromatic heterocycles. The van der Waals surface area contributed by atoms with E-state index >= 15 is 0 Å². The van der Waals surface area contributed by atoms with Crippen LogP contribution in [-0.4, -0.2) is 42.2 Å². The molecular formula is C15H17ClN4O3S. The zero-order valence-corrected chi connectivity index (χ0v) is 14.3. The van der Waals surface area contributed by atoms with Crippen molar-refractivity contribution in [2.24, 2.45) is 0 Å². The third-order valence-corrected chi connectivity index (χ3v) is 5.94. The fraction of sp³-hybridized carbons (Fsp3) is 0.333. The van der Waals surface area contributed by atoms with E-state index in [1.165, 1.54) is 12.5 Å². The molecule has 0 aliphatic carbocycles. The standard InChI is InChI=1S/C15H17ClN4O3S/c16-11-2-1-3-12(8-11)20-9-14(18-10-20)15(21)19-24(22,23)13-4-6-17-7-5-13/h1-3,8-10,13,17H,4-7H2,(H,19,21). The molecule has 0 saturated carbocycles. The van der Waals surface area contributed by atoms with E-state index in [9.17, 15) is 13.2 Å². The van der Waals surface area contributed by atoms with Gasteiger partial charge in [-0.25, -0.2) is 18.1 Å². The first-order chi connectivity index (χ1) is 11.5. The van der Waals surface area contributed by atoms with Crippen molar-refractivity contribution in [1.29, 1.82) is 0 Å². The second kappa shape index (κ2) is 6.92. The van der Waals surface area contributed by atoms with Gasteiger partial charge in [0.25, 0.3) is 5.91 Å². The maximum Gasteiger partial charge on any atom is 0.284 e. The Hall–Kier alpha value is -1.90. The van der Waals surface area contributed by atoms with Crippen molar-refractivity contribution >= 4 is 27.5 Å². The third-order valence-electron chi connectivity index (χ3n) is 3.88. The molecule has 1 saturated heterocycles. The molecule has 1 aliphatic rings. The van der Waals surface area contributed by atoms with Gasteiger partial charge in [-0.2, -0.15) is 0 Å². The predicted molar refractivity (Wildman–Crippen MR) is 90.9 cm³/mol. The van der Waals surface area contributed by atoms with Crippen LogP contribution in [0, 0.1) is 0 Å². The maximum atomic E-state index is 12.3. The lowest BCUT2D eigenvalue weighted by atomic mass is 10.2. The van der Waals surface area contributed by atoms with Crippen LogP contribution in [0.25, 0.3) is 5.69 Å².